The molecule has 5 atom stereocenters. The molecule has 1 heterocycles. The fourth-order valence-electron chi connectivity index (χ4n) is 1.81. The van der Waals surface area contributed by atoms with Gasteiger partial charge in [-0.15, -0.1) is 0 Å². The Hall–Kier alpha value is -0.690. The highest BCUT2D eigenvalue weighted by molar-refractivity contribution is 5.73. The minimum atomic E-state index is -1.21. The summed E-state index contributed by atoms with van der Waals surface area (Å²) in [6.45, 7) is 1.73. The summed E-state index contributed by atoms with van der Waals surface area (Å²) in [5.41, 5.74) is 0. The molecular formula is C9H16O6. The number of ether oxygens (including phenoxy) is 2. The van der Waals surface area contributed by atoms with Crippen LogP contribution in [0.2, 0.25) is 0 Å². The summed E-state index contributed by atoms with van der Waals surface area (Å²) in [6, 6.07) is 0. The van der Waals surface area contributed by atoms with Crippen molar-refractivity contribution in [2.75, 3.05) is 7.11 Å². The fourth-order valence-corrected chi connectivity index (χ4v) is 1.81. The van der Waals surface area contributed by atoms with E-state index in [1.54, 1.807) is 6.92 Å². The monoisotopic (exact) mass is 220 g/mol. The van der Waals surface area contributed by atoms with Crippen molar-refractivity contribution in [1.29, 1.82) is 0 Å². The number of methoxy groups -OCH3 is 1. The van der Waals surface area contributed by atoms with Crippen molar-refractivity contribution in [3.05, 3.63) is 0 Å². The molecule has 1 aliphatic rings. The Bertz CT molecular complexity index is 231. The summed E-state index contributed by atoms with van der Waals surface area (Å²) in [4.78, 5) is 10.9. The first-order valence-corrected chi connectivity index (χ1v) is 4.80. The van der Waals surface area contributed by atoms with Crippen molar-refractivity contribution >= 4 is 5.97 Å². The molecule has 0 amide bonds. The highest BCUT2D eigenvalue weighted by Crippen LogP contribution is 2.28. The van der Waals surface area contributed by atoms with E-state index in [4.69, 9.17) is 14.6 Å². The number of hydrogen-bond acceptors (Lipinski definition) is 5. The van der Waals surface area contributed by atoms with Crippen LogP contribution in [-0.2, 0) is 14.3 Å². The fraction of sp³-hybridized carbons (Fsp3) is 0.889. The standard InChI is InChI=1S/C9H16O6/c1-3-4-5(10)6(11)9(14-2)15-7(4)8(12)13/h4-7,9-11H,3H2,1-2H3,(H,12,13)/t4?,5?,6-,7-,9-/m1/s1. The Morgan fingerprint density at radius 1 is 1.40 bits per heavy atom. The predicted molar refractivity (Wildman–Crippen MR) is 49.1 cm³/mol. The maximum atomic E-state index is 10.9. The number of aliphatic hydroxyl groups is 2. The van der Waals surface area contributed by atoms with Crippen molar-refractivity contribution in [1.82, 2.24) is 0 Å². The molecule has 2 unspecified atom stereocenters. The topological polar surface area (TPSA) is 96.2 Å². The number of aliphatic carboxylic acids is 1. The van der Waals surface area contributed by atoms with Gasteiger partial charge < -0.3 is 24.8 Å². The van der Waals surface area contributed by atoms with E-state index in [0.29, 0.717) is 6.42 Å². The lowest BCUT2D eigenvalue weighted by Crippen LogP contribution is -2.57. The Labute approximate surface area is 87.4 Å². The lowest BCUT2D eigenvalue weighted by atomic mass is 9.87. The van der Waals surface area contributed by atoms with E-state index in [-0.39, 0.29) is 0 Å². The summed E-state index contributed by atoms with van der Waals surface area (Å²) >= 11 is 0. The Morgan fingerprint density at radius 3 is 2.40 bits per heavy atom. The third kappa shape index (κ3) is 2.28. The SMILES string of the molecule is CCC1C(O)[C@@H](O)[C@H](OC)O[C@H]1C(=O)O. The second kappa shape index (κ2) is 4.89. The van der Waals surface area contributed by atoms with Gasteiger partial charge in [0.25, 0.3) is 0 Å². The maximum absolute atomic E-state index is 10.9. The smallest absolute Gasteiger partial charge is 0.333 e. The van der Waals surface area contributed by atoms with Crippen LogP contribution in [0.25, 0.3) is 0 Å². The van der Waals surface area contributed by atoms with Crippen molar-refractivity contribution in [3.8, 4) is 0 Å². The first-order valence-electron chi connectivity index (χ1n) is 4.80. The van der Waals surface area contributed by atoms with Crippen LogP contribution in [0.5, 0.6) is 0 Å². The van der Waals surface area contributed by atoms with Gasteiger partial charge >= 0.3 is 5.97 Å². The van der Waals surface area contributed by atoms with Crippen LogP contribution in [0.1, 0.15) is 13.3 Å². The van der Waals surface area contributed by atoms with E-state index < -0.39 is 36.5 Å². The highest BCUT2D eigenvalue weighted by Gasteiger charge is 2.46. The van der Waals surface area contributed by atoms with E-state index >= 15 is 0 Å². The number of rotatable bonds is 3. The van der Waals surface area contributed by atoms with Gasteiger partial charge in [0.15, 0.2) is 12.4 Å². The summed E-state index contributed by atoms with van der Waals surface area (Å²) in [5.74, 6) is -1.78. The van der Waals surface area contributed by atoms with Crippen molar-refractivity contribution < 1.29 is 29.6 Å². The van der Waals surface area contributed by atoms with Gasteiger partial charge in [-0.3, -0.25) is 0 Å². The molecule has 15 heavy (non-hydrogen) atoms. The maximum Gasteiger partial charge on any atom is 0.333 e. The summed E-state index contributed by atoms with van der Waals surface area (Å²) < 4.78 is 9.80. The molecule has 6 nitrogen and oxygen atoms in total. The normalized spacial score (nSPS) is 41.5. The molecule has 1 rings (SSSR count). The van der Waals surface area contributed by atoms with E-state index in [1.807, 2.05) is 0 Å². The molecule has 88 valence electrons. The van der Waals surface area contributed by atoms with Crippen LogP contribution in [0.3, 0.4) is 0 Å². The molecule has 1 aliphatic heterocycles. The third-order valence-electron chi connectivity index (χ3n) is 2.68. The molecule has 0 bridgehead atoms. The van der Waals surface area contributed by atoms with Gasteiger partial charge in [-0.05, 0) is 6.42 Å². The van der Waals surface area contributed by atoms with Gasteiger partial charge in [-0.25, -0.2) is 4.79 Å². The lowest BCUT2D eigenvalue weighted by molar-refractivity contribution is -0.276. The van der Waals surface area contributed by atoms with E-state index in [0.717, 1.165) is 0 Å². The van der Waals surface area contributed by atoms with Gasteiger partial charge in [-0.2, -0.15) is 0 Å². The average molecular weight is 220 g/mol. The van der Waals surface area contributed by atoms with Crippen LogP contribution in [0, 0.1) is 5.92 Å². The number of hydrogen-bond donors (Lipinski definition) is 3. The second-order valence-corrected chi connectivity index (χ2v) is 3.55. The molecule has 0 spiro atoms. The van der Waals surface area contributed by atoms with Crippen molar-refractivity contribution in [2.24, 2.45) is 5.92 Å². The zero-order valence-electron chi connectivity index (χ0n) is 8.66. The molecule has 3 N–H and O–H groups in total. The molecule has 0 saturated carbocycles. The molecule has 0 aromatic heterocycles. The minimum Gasteiger partial charge on any atom is -0.479 e. The molecule has 0 aliphatic carbocycles. The van der Waals surface area contributed by atoms with Crippen LogP contribution in [-0.4, -0.2) is 53.0 Å². The number of aliphatic hydroxyl groups excluding tert-OH is 2. The largest absolute Gasteiger partial charge is 0.479 e. The number of carboxylic acids is 1. The quantitative estimate of drug-likeness (QED) is 0.575. The minimum absolute atomic E-state index is 0.408. The second-order valence-electron chi connectivity index (χ2n) is 3.55. The van der Waals surface area contributed by atoms with Crippen LogP contribution >= 0.6 is 0 Å². The zero-order chi connectivity index (χ0) is 11.6. The van der Waals surface area contributed by atoms with Gasteiger partial charge in [0.05, 0.1) is 6.10 Å². The van der Waals surface area contributed by atoms with Gasteiger partial charge in [0.1, 0.15) is 6.10 Å². The molecule has 6 heteroatoms. The van der Waals surface area contributed by atoms with E-state index in [2.05, 4.69) is 0 Å². The summed E-state index contributed by atoms with van der Waals surface area (Å²) in [6.07, 6.45) is -4.18. The summed E-state index contributed by atoms with van der Waals surface area (Å²) in [7, 11) is 1.28. The first-order chi connectivity index (χ1) is 7.02. The molecule has 1 saturated heterocycles. The summed E-state index contributed by atoms with van der Waals surface area (Å²) in [5, 5.41) is 28.1. The number of carbonyl (C=O) groups is 1. The molecule has 0 aromatic carbocycles. The third-order valence-corrected chi connectivity index (χ3v) is 2.68. The van der Waals surface area contributed by atoms with E-state index in [9.17, 15) is 15.0 Å². The van der Waals surface area contributed by atoms with Crippen molar-refractivity contribution in [2.45, 2.75) is 37.9 Å². The van der Waals surface area contributed by atoms with Gasteiger partial charge in [0, 0.05) is 13.0 Å². The molecular weight excluding hydrogens is 204 g/mol. The lowest BCUT2D eigenvalue weighted by Gasteiger charge is -2.40. The van der Waals surface area contributed by atoms with Crippen LogP contribution in [0.15, 0.2) is 0 Å². The predicted octanol–water partition coefficient (Wildman–Crippen LogP) is -0.810. The highest BCUT2D eigenvalue weighted by atomic mass is 16.7. The van der Waals surface area contributed by atoms with E-state index in [1.165, 1.54) is 7.11 Å². The molecule has 1 fully saturated rings. The zero-order valence-corrected chi connectivity index (χ0v) is 8.66. The Morgan fingerprint density at radius 2 is 2.00 bits per heavy atom. The van der Waals surface area contributed by atoms with Gasteiger partial charge in [-0.1, -0.05) is 6.92 Å². The Balaban J connectivity index is 2.84. The molecule has 0 aromatic rings. The van der Waals surface area contributed by atoms with Crippen LogP contribution in [0.4, 0.5) is 0 Å². The number of carboxylic acid groups (broad SMARTS) is 1. The first kappa shape index (κ1) is 12.4. The molecule has 0 radical (unpaired) electrons. The average Bonchev–Trinajstić information content (AvgIpc) is 2.21. The van der Waals surface area contributed by atoms with Gasteiger partial charge in [0.2, 0.25) is 0 Å². The van der Waals surface area contributed by atoms with Crippen LogP contribution < -0.4 is 0 Å². The van der Waals surface area contributed by atoms with Crippen molar-refractivity contribution in [3.63, 3.8) is 0 Å². The Kier molecular flexibility index (Phi) is 4.04.